The molecule has 4 saturated carbocycles. The molecule has 2 nitrogen and oxygen atoms in total. The first-order valence-electron chi connectivity index (χ1n) is 13.1. The lowest BCUT2D eigenvalue weighted by molar-refractivity contribution is -0.136. The summed E-state index contributed by atoms with van der Waals surface area (Å²) in [7, 11) is 0. The maximum Gasteiger partial charge on any atom is 0.0603 e. The zero-order chi connectivity index (χ0) is 20.4. The Morgan fingerprint density at radius 2 is 1.62 bits per heavy atom. The van der Waals surface area contributed by atoms with Crippen LogP contribution in [0.3, 0.4) is 0 Å². The minimum Gasteiger partial charge on any atom is -0.393 e. The van der Waals surface area contributed by atoms with E-state index in [1.807, 2.05) is 0 Å². The monoisotopic (exact) mass is 402 g/mol. The fourth-order valence-electron chi connectivity index (χ4n) is 9.72. The van der Waals surface area contributed by atoms with Crippen molar-refractivity contribution in [1.29, 1.82) is 0 Å². The third-order valence-corrected chi connectivity index (χ3v) is 11.5. The number of aliphatic hydroxyl groups is 1. The van der Waals surface area contributed by atoms with E-state index in [4.69, 9.17) is 4.74 Å². The Morgan fingerprint density at radius 1 is 0.862 bits per heavy atom. The van der Waals surface area contributed by atoms with Gasteiger partial charge in [-0.1, -0.05) is 27.7 Å². The van der Waals surface area contributed by atoms with Crippen molar-refractivity contribution >= 4 is 0 Å². The van der Waals surface area contributed by atoms with Crippen LogP contribution in [0, 0.1) is 52.3 Å². The van der Waals surface area contributed by atoms with Gasteiger partial charge in [0.05, 0.1) is 12.2 Å². The van der Waals surface area contributed by atoms with Gasteiger partial charge in [0.15, 0.2) is 0 Å². The first-order chi connectivity index (χ1) is 13.8. The summed E-state index contributed by atoms with van der Waals surface area (Å²) in [4.78, 5) is 0. The van der Waals surface area contributed by atoms with Crippen molar-refractivity contribution in [3.8, 4) is 0 Å². The zero-order valence-electron chi connectivity index (χ0n) is 19.5. The van der Waals surface area contributed by atoms with E-state index >= 15 is 0 Å². The molecule has 0 aromatic rings. The molecule has 1 aliphatic heterocycles. The molecule has 2 heteroatoms. The SMILES string of the molecule is CC1CCC(C(C)C2CCC3C4CCC5CC(O)CCC5(C)C4CCC23C)OC1. The molecule has 5 rings (SSSR count). The largest absolute Gasteiger partial charge is 0.393 e. The lowest BCUT2D eigenvalue weighted by atomic mass is 9.44. The van der Waals surface area contributed by atoms with Crippen molar-refractivity contribution in [1.82, 2.24) is 0 Å². The van der Waals surface area contributed by atoms with Crippen molar-refractivity contribution in [2.24, 2.45) is 52.3 Å². The number of ether oxygens (including phenoxy) is 1. The fourth-order valence-corrected chi connectivity index (χ4v) is 9.72. The molecule has 0 spiro atoms. The third kappa shape index (κ3) is 3.25. The number of hydrogen-bond acceptors (Lipinski definition) is 2. The van der Waals surface area contributed by atoms with Crippen LogP contribution in [0.25, 0.3) is 0 Å². The summed E-state index contributed by atoms with van der Waals surface area (Å²) in [5.74, 6) is 5.95. The molecule has 29 heavy (non-hydrogen) atoms. The van der Waals surface area contributed by atoms with Gasteiger partial charge in [-0.25, -0.2) is 0 Å². The molecule has 0 aromatic heterocycles. The highest BCUT2D eigenvalue weighted by atomic mass is 16.5. The van der Waals surface area contributed by atoms with Crippen LogP contribution in [-0.4, -0.2) is 23.9 Å². The quantitative estimate of drug-likeness (QED) is 0.574. The molecule has 0 bridgehead atoms. The maximum absolute atomic E-state index is 10.3. The van der Waals surface area contributed by atoms with E-state index in [1.54, 1.807) is 0 Å². The van der Waals surface area contributed by atoms with Gasteiger partial charge in [0.2, 0.25) is 0 Å². The molecule has 0 amide bonds. The second-order valence-corrected chi connectivity index (χ2v) is 12.7. The van der Waals surface area contributed by atoms with Gasteiger partial charge in [0, 0.05) is 6.61 Å². The van der Waals surface area contributed by atoms with E-state index in [9.17, 15) is 5.11 Å². The van der Waals surface area contributed by atoms with Gasteiger partial charge >= 0.3 is 0 Å². The third-order valence-electron chi connectivity index (χ3n) is 11.5. The van der Waals surface area contributed by atoms with Crippen molar-refractivity contribution < 1.29 is 9.84 Å². The Hall–Kier alpha value is -0.0800. The predicted molar refractivity (Wildman–Crippen MR) is 119 cm³/mol. The molecule has 1 saturated heterocycles. The van der Waals surface area contributed by atoms with Crippen molar-refractivity contribution in [3.05, 3.63) is 0 Å². The predicted octanol–water partition coefficient (Wildman–Crippen LogP) is 6.46. The highest BCUT2D eigenvalue weighted by molar-refractivity contribution is 5.10. The molecule has 1 heterocycles. The molecular weight excluding hydrogens is 356 g/mol. The van der Waals surface area contributed by atoms with Gasteiger partial charge in [0.25, 0.3) is 0 Å². The number of fused-ring (bicyclic) bond motifs is 5. The van der Waals surface area contributed by atoms with E-state index in [0.29, 0.717) is 16.9 Å². The molecule has 1 N–H and O–H groups in total. The molecule has 5 aliphatic rings. The van der Waals surface area contributed by atoms with Crippen molar-refractivity contribution in [2.45, 2.75) is 111 Å². The first-order valence-corrected chi connectivity index (χ1v) is 13.1. The lowest BCUT2D eigenvalue weighted by Gasteiger charge is -2.61. The van der Waals surface area contributed by atoms with Gasteiger partial charge in [-0.3, -0.25) is 0 Å². The second-order valence-electron chi connectivity index (χ2n) is 12.7. The molecular formula is C27H46O2. The smallest absolute Gasteiger partial charge is 0.0603 e. The highest BCUT2D eigenvalue weighted by Crippen LogP contribution is 2.68. The van der Waals surface area contributed by atoms with E-state index < -0.39 is 0 Å². The number of hydrogen-bond donors (Lipinski definition) is 1. The Morgan fingerprint density at radius 3 is 2.38 bits per heavy atom. The molecule has 11 unspecified atom stereocenters. The normalized spacial score (nSPS) is 56.2. The van der Waals surface area contributed by atoms with Gasteiger partial charge in [0.1, 0.15) is 0 Å². The summed E-state index contributed by atoms with van der Waals surface area (Å²) in [6, 6.07) is 0. The average molecular weight is 403 g/mol. The molecule has 0 aromatic carbocycles. The molecule has 4 aliphatic carbocycles. The number of rotatable bonds is 2. The summed E-state index contributed by atoms with van der Waals surface area (Å²) in [6.45, 7) is 11.2. The van der Waals surface area contributed by atoms with Crippen LogP contribution in [0.2, 0.25) is 0 Å². The fraction of sp³-hybridized carbons (Fsp3) is 1.00. The highest BCUT2D eigenvalue weighted by Gasteiger charge is 2.61. The van der Waals surface area contributed by atoms with Crippen molar-refractivity contribution in [2.75, 3.05) is 6.61 Å². The van der Waals surface area contributed by atoms with Crippen LogP contribution in [0.1, 0.15) is 98.3 Å². The Balaban J connectivity index is 1.33. The Kier molecular flexibility index (Phi) is 5.38. The van der Waals surface area contributed by atoms with Gasteiger partial charge in [-0.15, -0.1) is 0 Å². The van der Waals surface area contributed by atoms with Crippen LogP contribution in [-0.2, 0) is 4.74 Å². The van der Waals surface area contributed by atoms with Crippen LogP contribution >= 0.6 is 0 Å². The summed E-state index contributed by atoms with van der Waals surface area (Å²) < 4.78 is 6.37. The van der Waals surface area contributed by atoms with Crippen LogP contribution in [0.4, 0.5) is 0 Å². The van der Waals surface area contributed by atoms with Crippen LogP contribution in [0.5, 0.6) is 0 Å². The topological polar surface area (TPSA) is 29.5 Å². The van der Waals surface area contributed by atoms with E-state index in [2.05, 4.69) is 27.7 Å². The first kappa shape index (κ1) is 20.8. The minimum atomic E-state index is -0.0200. The van der Waals surface area contributed by atoms with Crippen LogP contribution in [0.15, 0.2) is 0 Å². The van der Waals surface area contributed by atoms with Crippen molar-refractivity contribution in [3.63, 3.8) is 0 Å². The van der Waals surface area contributed by atoms with Gasteiger partial charge in [-0.2, -0.15) is 0 Å². The minimum absolute atomic E-state index is 0.0200. The number of aliphatic hydroxyl groups excluding tert-OH is 1. The Bertz CT molecular complexity index is 595. The van der Waals surface area contributed by atoms with Gasteiger partial charge in [-0.05, 0) is 123 Å². The van der Waals surface area contributed by atoms with Gasteiger partial charge < -0.3 is 9.84 Å². The standard InChI is InChI=1S/C27H46O2/c1-17-5-10-25(29-16-17)18(2)22-8-9-23-21-7-6-19-15-20(28)11-13-26(19,3)24(21)12-14-27(22,23)4/h17-25,28H,5-16H2,1-4H3. The molecule has 5 fully saturated rings. The lowest BCUT2D eigenvalue weighted by Crippen LogP contribution is -2.54. The summed E-state index contributed by atoms with van der Waals surface area (Å²) in [6.07, 6.45) is 15.2. The zero-order valence-corrected chi connectivity index (χ0v) is 19.5. The molecule has 0 radical (unpaired) electrons. The summed E-state index contributed by atoms with van der Waals surface area (Å²) in [5, 5.41) is 10.3. The van der Waals surface area contributed by atoms with E-state index in [-0.39, 0.29) is 6.10 Å². The summed E-state index contributed by atoms with van der Waals surface area (Å²) >= 11 is 0. The summed E-state index contributed by atoms with van der Waals surface area (Å²) in [5.41, 5.74) is 1.06. The molecule has 166 valence electrons. The van der Waals surface area contributed by atoms with Crippen LogP contribution < -0.4 is 0 Å². The Labute approximate surface area is 179 Å². The maximum atomic E-state index is 10.3. The molecule has 11 atom stereocenters. The second kappa shape index (κ2) is 7.51. The van der Waals surface area contributed by atoms with E-state index in [0.717, 1.165) is 60.9 Å². The van der Waals surface area contributed by atoms with E-state index in [1.165, 1.54) is 57.8 Å². The average Bonchev–Trinajstić information content (AvgIpc) is 3.06.